The van der Waals surface area contributed by atoms with Gasteiger partial charge in [-0.3, -0.25) is 14.5 Å². The zero-order valence-electron chi connectivity index (χ0n) is 25.1. The molecule has 0 bridgehead atoms. The lowest BCUT2D eigenvalue weighted by Crippen LogP contribution is -2.29. The number of aliphatic hydroxyl groups excluding tert-OH is 1. The Labute approximate surface area is 252 Å². The monoisotopic (exact) mass is 576 g/mol. The Balaban J connectivity index is 1.55. The molecule has 0 spiro atoms. The predicted octanol–water partition coefficient (Wildman–Crippen LogP) is 7.05. The highest BCUT2D eigenvalue weighted by atomic mass is 16.5. The summed E-state index contributed by atoms with van der Waals surface area (Å²) in [7, 11) is 3.87. The van der Waals surface area contributed by atoms with E-state index in [1.807, 2.05) is 119 Å². The molecule has 5 rings (SSSR count). The number of nitrogens with zero attached hydrogens (tertiary/aromatic N) is 2. The number of hydrogen-bond acceptors (Lipinski definition) is 6. The van der Waals surface area contributed by atoms with Crippen LogP contribution in [0.5, 0.6) is 11.5 Å². The van der Waals surface area contributed by atoms with Crippen LogP contribution in [0.4, 0.5) is 11.4 Å². The fourth-order valence-electron chi connectivity index (χ4n) is 5.18. The van der Waals surface area contributed by atoms with Gasteiger partial charge in [0, 0.05) is 31.0 Å². The molecule has 43 heavy (non-hydrogen) atoms. The maximum atomic E-state index is 13.6. The lowest BCUT2D eigenvalue weighted by molar-refractivity contribution is -0.132. The topological polar surface area (TPSA) is 79.3 Å². The van der Waals surface area contributed by atoms with Crippen molar-refractivity contribution in [3.8, 4) is 11.5 Å². The number of rotatable bonds is 9. The van der Waals surface area contributed by atoms with Gasteiger partial charge in [-0.05, 0) is 92.1 Å². The van der Waals surface area contributed by atoms with Crippen LogP contribution in [0.15, 0.2) is 103 Å². The first-order valence-corrected chi connectivity index (χ1v) is 14.3. The van der Waals surface area contributed by atoms with Crippen molar-refractivity contribution in [1.82, 2.24) is 0 Å². The van der Waals surface area contributed by atoms with E-state index in [2.05, 4.69) is 0 Å². The van der Waals surface area contributed by atoms with E-state index in [1.165, 1.54) is 4.90 Å². The average Bonchev–Trinajstić information content (AvgIpc) is 3.26. The quantitative estimate of drug-likeness (QED) is 0.131. The summed E-state index contributed by atoms with van der Waals surface area (Å²) < 4.78 is 11.8. The molecule has 1 heterocycles. The molecule has 1 N–H and O–H groups in total. The molecule has 4 aromatic carbocycles. The largest absolute Gasteiger partial charge is 0.507 e. The zero-order chi connectivity index (χ0) is 30.7. The third kappa shape index (κ3) is 6.26. The summed E-state index contributed by atoms with van der Waals surface area (Å²) in [6.07, 6.45) is -0.00502. The SMILES string of the molecule is Cc1cc(/C(O)=C2/C(=O)C(=O)N(c3ccc(N(C)C)cc3)C2c2ccc(OC(C)C)cc2)ccc1OCc1ccccc1. The molecular formula is C36H36N2O5. The van der Waals surface area contributed by atoms with Gasteiger partial charge in [-0.1, -0.05) is 42.5 Å². The summed E-state index contributed by atoms with van der Waals surface area (Å²) in [6.45, 7) is 6.18. The predicted molar refractivity (Wildman–Crippen MR) is 170 cm³/mol. The molecule has 220 valence electrons. The molecule has 1 amide bonds. The average molecular weight is 577 g/mol. The number of ether oxygens (including phenoxy) is 2. The van der Waals surface area contributed by atoms with Gasteiger partial charge in [-0.15, -0.1) is 0 Å². The standard InChI is InChI=1S/C36H36N2O5/c1-23(2)43-30-18-11-26(12-19-30)33-32(35(40)36(41)38(33)29-16-14-28(15-17-29)37(4)5)34(39)27-13-20-31(24(3)21-27)42-22-25-9-7-6-8-10-25/h6-21,23,33,39H,22H2,1-5H3/b34-32-. The first-order valence-electron chi connectivity index (χ1n) is 14.3. The van der Waals surface area contributed by atoms with E-state index in [0.717, 1.165) is 16.8 Å². The number of aryl methyl sites for hydroxylation is 1. The van der Waals surface area contributed by atoms with Crippen LogP contribution in [0.2, 0.25) is 0 Å². The molecule has 1 fully saturated rings. The summed E-state index contributed by atoms with van der Waals surface area (Å²) in [5.41, 5.74) is 4.47. The Morgan fingerprint density at radius 1 is 0.907 bits per heavy atom. The Bertz CT molecular complexity index is 1640. The van der Waals surface area contributed by atoms with Crippen LogP contribution in [0.25, 0.3) is 5.76 Å². The fraction of sp³-hybridized carbons (Fsp3) is 0.222. The van der Waals surface area contributed by atoms with Gasteiger partial charge in [-0.25, -0.2) is 0 Å². The van der Waals surface area contributed by atoms with Crippen LogP contribution in [-0.2, 0) is 16.2 Å². The van der Waals surface area contributed by atoms with Crippen LogP contribution in [-0.4, -0.2) is 37.0 Å². The van der Waals surface area contributed by atoms with Crippen LogP contribution in [0.3, 0.4) is 0 Å². The van der Waals surface area contributed by atoms with Crippen molar-refractivity contribution in [2.75, 3.05) is 23.9 Å². The Kier molecular flexibility index (Phi) is 8.53. The van der Waals surface area contributed by atoms with Gasteiger partial charge in [-0.2, -0.15) is 0 Å². The van der Waals surface area contributed by atoms with Gasteiger partial charge in [0.1, 0.15) is 23.9 Å². The first kappa shape index (κ1) is 29.5. The molecule has 1 atom stereocenters. The van der Waals surface area contributed by atoms with E-state index in [1.54, 1.807) is 18.2 Å². The number of ketones is 1. The van der Waals surface area contributed by atoms with E-state index < -0.39 is 17.7 Å². The molecule has 0 radical (unpaired) electrons. The van der Waals surface area contributed by atoms with Crippen molar-refractivity contribution < 1.29 is 24.2 Å². The van der Waals surface area contributed by atoms with Crippen LogP contribution < -0.4 is 19.3 Å². The van der Waals surface area contributed by atoms with Gasteiger partial charge < -0.3 is 19.5 Å². The van der Waals surface area contributed by atoms with Crippen LogP contribution in [0, 0.1) is 6.92 Å². The van der Waals surface area contributed by atoms with Crippen molar-refractivity contribution in [2.45, 2.75) is 39.5 Å². The Morgan fingerprint density at radius 3 is 2.19 bits per heavy atom. The Hall–Kier alpha value is -5.04. The molecule has 7 nitrogen and oxygen atoms in total. The third-order valence-electron chi connectivity index (χ3n) is 7.34. The minimum atomic E-state index is -0.840. The third-order valence-corrected chi connectivity index (χ3v) is 7.34. The van der Waals surface area contributed by atoms with E-state index >= 15 is 0 Å². The van der Waals surface area contributed by atoms with E-state index in [-0.39, 0.29) is 17.4 Å². The number of carbonyl (C=O) groups is 2. The molecule has 1 aliphatic rings. The van der Waals surface area contributed by atoms with Crippen LogP contribution in [0.1, 0.15) is 42.1 Å². The second-order valence-electron chi connectivity index (χ2n) is 11.1. The molecule has 0 saturated carbocycles. The van der Waals surface area contributed by atoms with Crippen molar-refractivity contribution in [3.05, 3.63) is 125 Å². The van der Waals surface area contributed by atoms with Crippen molar-refractivity contribution >= 4 is 28.8 Å². The summed E-state index contributed by atoms with van der Waals surface area (Å²) in [6, 6.07) is 29.0. The molecule has 0 aromatic heterocycles. The lowest BCUT2D eigenvalue weighted by atomic mass is 9.94. The Morgan fingerprint density at radius 2 is 1.58 bits per heavy atom. The van der Waals surface area contributed by atoms with Crippen molar-refractivity contribution in [2.24, 2.45) is 0 Å². The van der Waals surface area contributed by atoms with Gasteiger partial charge in [0.15, 0.2) is 0 Å². The number of hydrogen-bond donors (Lipinski definition) is 1. The van der Waals surface area contributed by atoms with Gasteiger partial charge in [0.05, 0.1) is 17.7 Å². The highest BCUT2D eigenvalue weighted by Crippen LogP contribution is 2.43. The first-order chi connectivity index (χ1) is 20.6. The summed E-state index contributed by atoms with van der Waals surface area (Å²) in [5.74, 6) is -0.349. The molecule has 0 aliphatic carbocycles. The number of benzene rings is 4. The molecule has 4 aromatic rings. The second kappa shape index (κ2) is 12.4. The number of anilines is 2. The molecular weight excluding hydrogens is 540 g/mol. The lowest BCUT2D eigenvalue weighted by Gasteiger charge is -2.26. The molecule has 1 unspecified atom stereocenters. The van der Waals surface area contributed by atoms with Gasteiger partial charge in [0.25, 0.3) is 11.7 Å². The maximum Gasteiger partial charge on any atom is 0.300 e. The fourth-order valence-corrected chi connectivity index (χ4v) is 5.18. The van der Waals surface area contributed by atoms with Gasteiger partial charge >= 0.3 is 0 Å². The molecule has 7 heteroatoms. The van der Waals surface area contributed by atoms with E-state index in [0.29, 0.717) is 34.9 Å². The highest BCUT2D eigenvalue weighted by Gasteiger charge is 2.47. The van der Waals surface area contributed by atoms with Crippen molar-refractivity contribution in [3.63, 3.8) is 0 Å². The number of aliphatic hydroxyl groups is 1. The van der Waals surface area contributed by atoms with Crippen LogP contribution >= 0.6 is 0 Å². The summed E-state index contributed by atoms with van der Waals surface area (Å²) in [5, 5.41) is 11.6. The highest BCUT2D eigenvalue weighted by molar-refractivity contribution is 6.51. The smallest absolute Gasteiger partial charge is 0.300 e. The minimum Gasteiger partial charge on any atom is -0.507 e. The van der Waals surface area contributed by atoms with Crippen molar-refractivity contribution in [1.29, 1.82) is 0 Å². The van der Waals surface area contributed by atoms with Gasteiger partial charge in [0.2, 0.25) is 0 Å². The zero-order valence-corrected chi connectivity index (χ0v) is 25.1. The number of Topliss-reactive ketones (excluding diaryl/α,β-unsaturated/α-hetero) is 1. The molecule has 1 aliphatic heterocycles. The number of carbonyl (C=O) groups excluding carboxylic acids is 2. The number of amides is 1. The second-order valence-corrected chi connectivity index (χ2v) is 11.1. The normalized spacial score (nSPS) is 16.0. The summed E-state index contributed by atoms with van der Waals surface area (Å²) in [4.78, 5) is 30.6. The van der Waals surface area contributed by atoms with E-state index in [4.69, 9.17) is 9.47 Å². The summed E-state index contributed by atoms with van der Waals surface area (Å²) >= 11 is 0. The van der Waals surface area contributed by atoms with E-state index in [9.17, 15) is 14.7 Å². The molecule has 1 saturated heterocycles. The maximum absolute atomic E-state index is 13.6. The minimum absolute atomic E-state index is 0.00502.